The summed E-state index contributed by atoms with van der Waals surface area (Å²) >= 11 is 0. The molecule has 2 heterocycles. The summed E-state index contributed by atoms with van der Waals surface area (Å²) in [4.78, 5) is 20.1. The molecule has 0 fully saturated rings. The number of carbonyl (C=O) groups is 1. The van der Waals surface area contributed by atoms with E-state index in [2.05, 4.69) is 25.5 Å². The lowest BCUT2D eigenvalue weighted by Gasteiger charge is -2.04. The number of benzene rings is 1. The van der Waals surface area contributed by atoms with Gasteiger partial charge >= 0.3 is 0 Å². The first kappa shape index (κ1) is 15.4. The van der Waals surface area contributed by atoms with Crippen molar-refractivity contribution in [2.75, 3.05) is 5.32 Å². The Morgan fingerprint density at radius 2 is 2.12 bits per heavy atom. The number of nitrogens with one attached hydrogen (secondary N) is 2. The van der Waals surface area contributed by atoms with Crippen LogP contribution in [0.4, 0.5) is 17.3 Å². The third kappa shape index (κ3) is 3.30. The molecule has 7 nitrogen and oxygen atoms in total. The summed E-state index contributed by atoms with van der Waals surface area (Å²) in [6.45, 7) is 1.98. The number of rotatable bonds is 5. The molecule has 0 saturated carbocycles. The van der Waals surface area contributed by atoms with Crippen molar-refractivity contribution in [3.8, 4) is 0 Å². The number of carbonyl (C=O) groups excluding carboxylic acids is 1. The molecule has 3 rings (SSSR count). The Balaban J connectivity index is 1.92. The molecule has 24 heavy (non-hydrogen) atoms. The number of nitrogens with zero attached hydrogens (tertiary/aromatic N) is 3. The molecule has 2 aromatic heterocycles. The SMILES string of the molecule is Cc1ccccc1C=Nc1n[nH]c(Nc2cccnc2)c1C(N)=O. The second-order valence-electron chi connectivity index (χ2n) is 5.14. The second-order valence-corrected chi connectivity index (χ2v) is 5.14. The molecule has 4 N–H and O–H groups in total. The van der Waals surface area contributed by atoms with E-state index in [4.69, 9.17) is 5.73 Å². The van der Waals surface area contributed by atoms with E-state index in [0.29, 0.717) is 11.5 Å². The van der Waals surface area contributed by atoms with Crippen LogP contribution in [0.3, 0.4) is 0 Å². The van der Waals surface area contributed by atoms with Crippen LogP contribution >= 0.6 is 0 Å². The van der Waals surface area contributed by atoms with Crippen molar-refractivity contribution < 1.29 is 4.79 Å². The Hall–Kier alpha value is -3.48. The number of nitrogens with two attached hydrogens (primary N) is 1. The maximum atomic E-state index is 11.8. The van der Waals surface area contributed by atoms with Gasteiger partial charge in [0.2, 0.25) is 0 Å². The molecule has 0 aliphatic carbocycles. The van der Waals surface area contributed by atoms with Crippen LogP contribution in [0.25, 0.3) is 0 Å². The van der Waals surface area contributed by atoms with Gasteiger partial charge in [0, 0.05) is 12.4 Å². The van der Waals surface area contributed by atoms with Gasteiger partial charge in [-0.1, -0.05) is 24.3 Å². The van der Waals surface area contributed by atoms with Crippen molar-refractivity contribution in [3.05, 3.63) is 65.5 Å². The van der Waals surface area contributed by atoms with E-state index in [1.165, 1.54) is 0 Å². The molecule has 0 unspecified atom stereocenters. The van der Waals surface area contributed by atoms with Gasteiger partial charge in [-0.05, 0) is 30.2 Å². The first-order valence-corrected chi connectivity index (χ1v) is 7.30. The van der Waals surface area contributed by atoms with Crippen LogP contribution in [-0.4, -0.2) is 27.3 Å². The predicted octanol–water partition coefficient (Wildman–Crippen LogP) is 2.71. The highest BCUT2D eigenvalue weighted by Crippen LogP contribution is 2.25. The summed E-state index contributed by atoms with van der Waals surface area (Å²) in [7, 11) is 0. The van der Waals surface area contributed by atoms with Crippen molar-refractivity contribution in [2.24, 2.45) is 10.7 Å². The molecule has 3 aromatic rings. The van der Waals surface area contributed by atoms with E-state index in [1.807, 2.05) is 37.3 Å². The van der Waals surface area contributed by atoms with Crippen molar-refractivity contribution in [1.82, 2.24) is 15.2 Å². The highest BCUT2D eigenvalue weighted by Gasteiger charge is 2.18. The largest absolute Gasteiger partial charge is 0.365 e. The number of hydrogen-bond acceptors (Lipinski definition) is 5. The van der Waals surface area contributed by atoms with Crippen LogP contribution in [0.2, 0.25) is 0 Å². The van der Waals surface area contributed by atoms with Crippen LogP contribution < -0.4 is 11.1 Å². The zero-order chi connectivity index (χ0) is 16.9. The quantitative estimate of drug-likeness (QED) is 0.628. The summed E-state index contributed by atoms with van der Waals surface area (Å²) in [6, 6.07) is 11.4. The molecular weight excluding hydrogens is 304 g/mol. The monoisotopic (exact) mass is 320 g/mol. The zero-order valence-corrected chi connectivity index (χ0v) is 13.0. The Morgan fingerprint density at radius 1 is 1.29 bits per heavy atom. The predicted molar refractivity (Wildman–Crippen MR) is 93.1 cm³/mol. The van der Waals surface area contributed by atoms with E-state index in [0.717, 1.165) is 11.1 Å². The molecule has 0 aliphatic rings. The maximum Gasteiger partial charge on any atom is 0.256 e. The third-order valence-electron chi connectivity index (χ3n) is 3.44. The Labute approximate surface area is 138 Å². The summed E-state index contributed by atoms with van der Waals surface area (Å²) in [5, 5.41) is 9.85. The first-order chi connectivity index (χ1) is 11.6. The van der Waals surface area contributed by atoms with Crippen molar-refractivity contribution in [2.45, 2.75) is 6.92 Å². The van der Waals surface area contributed by atoms with Gasteiger partial charge in [-0.3, -0.25) is 14.9 Å². The maximum absolute atomic E-state index is 11.8. The third-order valence-corrected chi connectivity index (χ3v) is 3.44. The Kier molecular flexibility index (Phi) is 4.33. The van der Waals surface area contributed by atoms with E-state index in [1.54, 1.807) is 24.7 Å². The van der Waals surface area contributed by atoms with Crippen LogP contribution in [0, 0.1) is 6.92 Å². The molecule has 120 valence electrons. The average molecular weight is 320 g/mol. The lowest BCUT2D eigenvalue weighted by molar-refractivity contribution is 0.100. The van der Waals surface area contributed by atoms with Gasteiger partial charge < -0.3 is 11.1 Å². The summed E-state index contributed by atoms with van der Waals surface area (Å²) in [5.74, 6) is -0.00310. The molecule has 0 radical (unpaired) electrons. The average Bonchev–Trinajstić information content (AvgIpc) is 2.98. The number of primary amides is 1. The second kappa shape index (κ2) is 6.74. The zero-order valence-electron chi connectivity index (χ0n) is 13.0. The van der Waals surface area contributed by atoms with Gasteiger partial charge in [0.25, 0.3) is 5.91 Å². The highest BCUT2D eigenvalue weighted by atomic mass is 16.1. The Bertz CT molecular complexity index is 885. The Morgan fingerprint density at radius 3 is 2.83 bits per heavy atom. The number of amides is 1. The van der Waals surface area contributed by atoms with E-state index in [9.17, 15) is 4.79 Å². The van der Waals surface area contributed by atoms with Crippen LogP contribution in [0.5, 0.6) is 0 Å². The fourth-order valence-electron chi connectivity index (χ4n) is 2.19. The minimum Gasteiger partial charge on any atom is -0.365 e. The number of H-pyrrole nitrogens is 1. The topological polar surface area (TPSA) is 109 Å². The number of hydrogen-bond donors (Lipinski definition) is 3. The molecule has 7 heteroatoms. The highest BCUT2D eigenvalue weighted by molar-refractivity contribution is 6.03. The van der Waals surface area contributed by atoms with Gasteiger partial charge in [-0.25, -0.2) is 4.99 Å². The number of pyridine rings is 1. The smallest absolute Gasteiger partial charge is 0.256 e. The molecule has 0 spiro atoms. The molecular formula is C17H16N6O. The molecule has 1 aromatic carbocycles. The van der Waals surface area contributed by atoms with Gasteiger partial charge in [-0.15, -0.1) is 0 Å². The van der Waals surface area contributed by atoms with Crippen molar-refractivity contribution in [1.29, 1.82) is 0 Å². The van der Waals surface area contributed by atoms with Crippen LogP contribution in [0.15, 0.2) is 53.8 Å². The molecule has 0 saturated heterocycles. The van der Waals surface area contributed by atoms with Crippen molar-refractivity contribution >= 4 is 29.4 Å². The van der Waals surface area contributed by atoms with Crippen LogP contribution in [0.1, 0.15) is 21.5 Å². The number of aromatic amines is 1. The fraction of sp³-hybridized carbons (Fsp3) is 0.0588. The molecule has 0 atom stereocenters. The summed E-state index contributed by atoms with van der Waals surface area (Å²) in [6.07, 6.45) is 4.94. The van der Waals surface area contributed by atoms with E-state index in [-0.39, 0.29) is 11.4 Å². The van der Waals surface area contributed by atoms with E-state index >= 15 is 0 Å². The normalized spacial score (nSPS) is 10.9. The standard InChI is InChI=1S/C17H16N6O/c1-11-5-2-3-6-12(11)9-20-16-14(15(18)24)17(23-22-16)21-13-7-4-8-19-10-13/h2-10H,1H3,(H2,18,24)(H2,21,22,23). The van der Waals surface area contributed by atoms with E-state index < -0.39 is 5.91 Å². The number of aliphatic imine (C=N–C) groups is 1. The van der Waals surface area contributed by atoms with Gasteiger partial charge in [0.1, 0.15) is 11.4 Å². The lowest BCUT2D eigenvalue weighted by atomic mass is 10.1. The molecule has 0 bridgehead atoms. The number of aryl methyl sites for hydroxylation is 1. The fourth-order valence-corrected chi connectivity index (χ4v) is 2.19. The molecule has 1 amide bonds. The van der Waals surface area contributed by atoms with Crippen LogP contribution in [-0.2, 0) is 0 Å². The summed E-state index contributed by atoms with van der Waals surface area (Å²) < 4.78 is 0. The number of anilines is 2. The first-order valence-electron chi connectivity index (χ1n) is 7.30. The lowest BCUT2D eigenvalue weighted by Crippen LogP contribution is -2.12. The van der Waals surface area contributed by atoms with Crippen molar-refractivity contribution in [3.63, 3.8) is 0 Å². The minimum atomic E-state index is -0.618. The van der Waals surface area contributed by atoms with Gasteiger partial charge in [0.05, 0.1) is 11.9 Å². The van der Waals surface area contributed by atoms with Gasteiger partial charge in [-0.2, -0.15) is 5.10 Å². The van der Waals surface area contributed by atoms with Gasteiger partial charge in [0.15, 0.2) is 5.82 Å². The minimum absolute atomic E-state index is 0.198. The number of aromatic nitrogens is 3. The molecule has 0 aliphatic heterocycles. The summed E-state index contributed by atoms with van der Waals surface area (Å²) in [5.41, 5.74) is 8.41.